The lowest BCUT2D eigenvalue weighted by molar-refractivity contribution is 0.116. The van der Waals surface area contributed by atoms with Crippen LogP contribution in [0.15, 0.2) is 59.7 Å². The molecule has 4 nitrogen and oxygen atoms in total. The first kappa shape index (κ1) is 15.8. The van der Waals surface area contributed by atoms with Crippen LogP contribution >= 0.6 is 0 Å². The highest BCUT2D eigenvalue weighted by Gasteiger charge is 2.09. The van der Waals surface area contributed by atoms with Crippen LogP contribution in [-0.2, 0) is 4.74 Å². The quantitative estimate of drug-likeness (QED) is 0.687. The monoisotopic (exact) mass is 296 g/mol. The molecule has 1 N–H and O–H groups in total. The summed E-state index contributed by atoms with van der Waals surface area (Å²) in [5.41, 5.74) is 6.16. The average Bonchev–Trinajstić information content (AvgIpc) is 2.48. The molecule has 2 aromatic carbocycles. The van der Waals surface area contributed by atoms with Crippen LogP contribution in [0.25, 0.3) is 0 Å². The number of benzene rings is 2. The number of carbonyl (C=O) groups excluding carboxylic acids is 1. The molecule has 0 radical (unpaired) electrons. The fraction of sp³-hybridized carbons (Fsp3) is 0.222. The van der Waals surface area contributed by atoms with Gasteiger partial charge in [0.25, 0.3) is 0 Å². The summed E-state index contributed by atoms with van der Waals surface area (Å²) in [7, 11) is 0. The van der Waals surface area contributed by atoms with Crippen molar-refractivity contribution in [1.29, 1.82) is 0 Å². The molecule has 0 fully saturated rings. The van der Waals surface area contributed by atoms with Crippen molar-refractivity contribution in [2.45, 2.75) is 26.9 Å². The maximum atomic E-state index is 11.6. The Morgan fingerprint density at radius 2 is 1.73 bits per heavy atom. The molecule has 0 unspecified atom stereocenters. The highest BCUT2D eigenvalue weighted by Crippen LogP contribution is 2.12. The van der Waals surface area contributed by atoms with E-state index in [2.05, 4.69) is 10.5 Å². The van der Waals surface area contributed by atoms with Crippen molar-refractivity contribution in [3.8, 4) is 0 Å². The highest BCUT2D eigenvalue weighted by atomic mass is 16.6. The second-order valence-electron chi connectivity index (χ2n) is 5.26. The Balaban J connectivity index is 2.32. The molecule has 22 heavy (non-hydrogen) atoms. The summed E-state index contributed by atoms with van der Waals surface area (Å²) in [5.74, 6) is 0. The van der Waals surface area contributed by atoms with E-state index in [4.69, 9.17) is 4.74 Å². The minimum absolute atomic E-state index is 0.186. The zero-order chi connectivity index (χ0) is 15.9. The van der Waals surface area contributed by atoms with Crippen molar-refractivity contribution in [2.75, 3.05) is 0 Å². The van der Waals surface area contributed by atoms with Crippen LogP contribution in [-0.4, -0.2) is 17.9 Å². The number of hydrogen-bond donors (Lipinski definition) is 1. The molecular formula is C18H20N2O2. The first-order valence-electron chi connectivity index (χ1n) is 7.23. The highest BCUT2D eigenvalue weighted by molar-refractivity contribution is 6.13. The SMILES string of the molecule is Cc1cccc(/C(=N/NC(=O)OC(C)C)c2ccccc2)c1. The van der Waals surface area contributed by atoms with E-state index in [0.717, 1.165) is 16.7 Å². The van der Waals surface area contributed by atoms with Gasteiger partial charge in [-0.2, -0.15) is 5.10 Å². The fourth-order valence-electron chi connectivity index (χ4n) is 2.03. The molecule has 2 rings (SSSR count). The Bertz CT molecular complexity index is 664. The molecule has 0 heterocycles. The fourth-order valence-corrected chi connectivity index (χ4v) is 2.03. The topological polar surface area (TPSA) is 50.7 Å². The summed E-state index contributed by atoms with van der Waals surface area (Å²) < 4.78 is 5.04. The van der Waals surface area contributed by atoms with Gasteiger partial charge in [-0.3, -0.25) is 0 Å². The lowest BCUT2D eigenvalue weighted by atomic mass is 10.0. The van der Waals surface area contributed by atoms with Crippen LogP contribution in [0.3, 0.4) is 0 Å². The lowest BCUT2D eigenvalue weighted by Gasteiger charge is -2.10. The van der Waals surface area contributed by atoms with E-state index in [-0.39, 0.29) is 6.10 Å². The Kier molecular flexibility index (Phi) is 5.31. The van der Waals surface area contributed by atoms with Gasteiger partial charge in [0.2, 0.25) is 0 Å². The Labute approximate surface area is 130 Å². The third-order valence-corrected chi connectivity index (χ3v) is 2.94. The van der Waals surface area contributed by atoms with E-state index >= 15 is 0 Å². The van der Waals surface area contributed by atoms with Gasteiger partial charge < -0.3 is 4.74 Å². The zero-order valence-corrected chi connectivity index (χ0v) is 13.0. The number of aryl methyl sites for hydroxylation is 1. The summed E-state index contributed by atoms with van der Waals surface area (Å²) in [4.78, 5) is 11.6. The van der Waals surface area contributed by atoms with Crippen molar-refractivity contribution < 1.29 is 9.53 Å². The van der Waals surface area contributed by atoms with Gasteiger partial charge in [-0.05, 0) is 26.8 Å². The number of amides is 1. The van der Waals surface area contributed by atoms with Crippen LogP contribution < -0.4 is 5.43 Å². The Hall–Kier alpha value is -2.62. The number of ether oxygens (including phenoxy) is 1. The van der Waals surface area contributed by atoms with Crippen molar-refractivity contribution in [2.24, 2.45) is 5.10 Å². The Morgan fingerprint density at radius 1 is 1.05 bits per heavy atom. The minimum Gasteiger partial charge on any atom is -0.446 e. The predicted molar refractivity (Wildman–Crippen MR) is 88.0 cm³/mol. The molecular weight excluding hydrogens is 276 g/mol. The molecule has 0 saturated heterocycles. The summed E-state index contributed by atoms with van der Waals surface area (Å²) in [6.07, 6.45) is -0.745. The number of hydrogen-bond acceptors (Lipinski definition) is 3. The molecule has 0 saturated carbocycles. The second kappa shape index (κ2) is 7.41. The van der Waals surface area contributed by atoms with Gasteiger partial charge in [0.05, 0.1) is 11.8 Å². The molecule has 4 heteroatoms. The van der Waals surface area contributed by atoms with Gasteiger partial charge in [0.1, 0.15) is 0 Å². The maximum absolute atomic E-state index is 11.6. The van der Waals surface area contributed by atoms with Crippen LogP contribution in [0, 0.1) is 6.92 Å². The summed E-state index contributed by atoms with van der Waals surface area (Å²) in [6.45, 7) is 5.61. The van der Waals surface area contributed by atoms with Crippen molar-refractivity contribution in [1.82, 2.24) is 5.43 Å². The first-order chi connectivity index (χ1) is 10.6. The minimum atomic E-state index is -0.559. The Morgan fingerprint density at radius 3 is 2.36 bits per heavy atom. The smallest absolute Gasteiger partial charge is 0.428 e. The van der Waals surface area contributed by atoms with Crippen molar-refractivity contribution in [3.05, 3.63) is 71.3 Å². The molecule has 2 aromatic rings. The molecule has 1 amide bonds. The molecule has 0 aliphatic rings. The van der Waals surface area contributed by atoms with Gasteiger partial charge in [-0.25, -0.2) is 10.2 Å². The molecule has 114 valence electrons. The average molecular weight is 296 g/mol. The van der Waals surface area contributed by atoms with Gasteiger partial charge in [0, 0.05) is 11.1 Å². The normalized spacial score (nSPS) is 11.4. The first-order valence-corrected chi connectivity index (χ1v) is 7.23. The summed E-state index contributed by atoms with van der Waals surface area (Å²) in [5, 5.41) is 4.25. The number of hydrazone groups is 1. The van der Waals surface area contributed by atoms with Crippen molar-refractivity contribution >= 4 is 11.8 Å². The molecule has 0 aliphatic heterocycles. The molecule has 0 aliphatic carbocycles. The van der Waals surface area contributed by atoms with E-state index < -0.39 is 6.09 Å². The van der Waals surface area contributed by atoms with E-state index in [1.807, 2.05) is 61.5 Å². The van der Waals surface area contributed by atoms with E-state index in [9.17, 15) is 4.79 Å². The largest absolute Gasteiger partial charge is 0.446 e. The van der Waals surface area contributed by atoms with Gasteiger partial charge in [0.15, 0.2) is 0 Å². The predicted octanol–water partition coefficient (Wildman–Crippen LogP) is 3.88. The van der Waals surface area contributed by atoms with E-state index in [0.29, 0.717) is 5.71 Å². The van der Waals surface area contributed by atoms with Crippen LogP contribution in [0.4, 0.5) is 4.79 Å². The molecule has 0 spiro atoms. The molecule has 0 aromatic heterocycles. The molecule has 0 bridgehead atoms. The maximum Gasteiger partial charge on any atom is 0.428 e. The lowest BCUT2D eigenvalue weighted by Crippen LogP contribution is -2.24. The van der Waals surface area contributed by atoms with E-state index in [1.165, 1.54) is 0 Å². The van der Waals surface area contributed by atoms with Crippen LogP contribution in [0.1, 0.15) is 30.5 Å². The van der Waals surface area contributed by atoms with Crippen LogP contribution in [0.2, 0.25) is 0 Å². The van der Waals surface area contributed by atoms with Gasteiger partial charge in [-0.15, -0.1) is 0 Å². The van der Waals surface area contributed by atoms with Gasteiger partial charge in [-0.1, -0.05) is 54.1 Å². The number of rotatable bonds is 4. The summed E-state index contributed by atoms with van der Waals surface area (Å²) >= 11 is 0. The van der Waals surface area contributed by atoms with Gasteiger partial charge >= 0.3 is 6.09 Å². The summed E-state index contributed by atoms with van der Waals surface area (Å²) in [6, 6.07) is 17.7. The number of nitrogens with zero attached hydrogens (tertiary/aromatic N) is 1. The van der Waals surface area contributed by atoms with Crippen molar-refractivity contribution in [3.63, 3.8) is 0 Å². The number of nitrogens with one attached hydrogen (secondary N) is 1. The molecule has 0 atom stereocenters. The number of carbonyl (C=O) groups is 1. The van der Waals surface area contributed by atoms with Crippen LogP contribution in [0.5, 0.6) is 0 Å². The zero-order valence-electron chi connectivity index (χ0n) is 13.0. The standard InChI is InChI=1S/C18H20N2O2/c1-13(2)22-18(21)20-19-17(15-9-5-4-6-10-15)16-11-7-8-14(3)12-16/h4-13H,1-3H3,(H,20,21)/b19-17+. The second-order valence-corrected chi connectivity index (χ2v) is 5.26. The third-order valence-electron chi connectivity index (χ3n) is 2.94. The van der Waals surface area contributed by atoms with E-state index in [1.54, 1.807) is 13.8 Å². The third kappa shape index (κ3) is 4.45.